The minimum Gasteiger partial charge on any atom is -0.326 e. The number of nitrogens with one attached hydrogen (secondary N) is 2. The summed E-state index contributed by atoms with van der Waals surface area (Å²) in [6.07, 6.45) is 27.7. The first-order chi connectivity index (χ1) is 28.2. The van der Waals surface area contributed by atoms with E-state index in [2.05, 4.69) is 81.8 Å². The average Bonchev–Trinajstić information content (AvgIpc) is 3.18. The number of hydrogen-bond donors (Lipinski definition) is 2. The van der Waals surface area contributed by atoms with Crippen molar-refractivity contribution < 1.29 is 0 Å². The van der Waals surface area contributed by atoms with Crippen LogP contribution in [0.25, 0.3) is 0 Å². The van der Waals surface area contributed by atoms with Gasteiger partial charge in [0.25, 0.3) is 0 Å². The monoisotopic (exact) mass is 793 g/mol. The molecule has 8 nitrogen and oxygen atoms in total. The van der Waals surface area contributed by atoms with Crippen molar-refractivity contribution in [2.45, 2.75) is 141 Å². The fraction of sp³-hybridized carbons (Fsp3) is 0.720. The lowest BCUT2D eigenvalue weighted by Gasteiger charge is -2.59. The van der Waals surface area contributed by atoms with Crippen molar-refractivity contribution in [2.75, 3.05) is 66.5 Å². The third-order valence-corrected chi connectivity index (χ3v) is 15.9. The van der Waals surface area contributed by atoms with E-state index in [0.29, 0.717) is 23.7 Å². The van der Waals surface area contributed by atoms with Crippen LogP contribution in [-0.2, 0) is 23.9 Å². The van der Waals surface area contributed by atoms with Crippen LogP contribution in [0, 0.1) is 23.7 Å². The Balaban J connectivity index is 0.681. The number of H-pyrrole nitrogens is 2. The number of allylic oxidation sites excluding steroid dienone is 2. The number of aromatic nitrogens is 2. The number of pyridine rings is 2. The molecule has 8 rings (SSSR count). The van der Waals surface area contributed by atoms with Gasteiger partial charge in [0.2, 0.25) is 11.1 Å². The summed E-state index contributed by atoms with van der Waals surface area (Å²) in [5.41, 5.74) is 8.53. The molecule has 4 heterocycles. The molecular formula is C50H76N6O2. The molecule has 0 spiro atoms. The Kier molecular flexibility index (Phi) is 13.3. The van der Waals surface area contributed by atoms with Crippen molar-refractivity contribution in [3.63, 3.8) is 0 Å². The van der Waals surface area contributed by atoms with Gasteiger partial charge < -0.3 is 19.8 Å². The maximum atomic E-state index is 12.3. The first-order valence-electron chi connectivity index (χ1n) is 23.8. The number of aromatic amines is 2. The summed E-state index contributed by atoms with van der Waals surface area (Å²) < 4.78 is 0. The third-order valence-electron chi connectivity index (χ3n) is 15.9. The summed E-state index contributed by atoms with van der Waals surface area (Å²) in [5.74, 6) is 2.46. The minimum absolute atomic E-state index is 0.0478. The Labute approximate surface area is 349 Å². The Morgan fingerprint density at radius 3 is 1.41 bits per heavy atom. The first kappa shape index (κ1) is 41.9. The van der Waals surface area contributed by atoms with Crippen molar-refractivity contribution in [2.24, 2.45) is 23.7 Å². The van der Waals surface area contributed by atoms with Crippen LogP contribution < -0.4 is 11.1 Å². The molecule has 58 heavy (non-hydrogen) atoms. The van der Waals surface area contributed by atoms with Gasteiger partial charge in [-0.25, -0.2) is 0 Å². The van der Waals surface area contributed by atoms with Gasteiger partial charge in [-0.1, -0.05) is 61.8 Å². The van der Waals surface area contributed by atoms with Gasteiger partial charge in [0.1, 0.15) is 0 Å². The Morgan fingerprint density at radius 1 is 0.586 bits per heavy atom. The van der Waals surface area contributed by atoms with E-state index >= 15 is 0 Å². The predicted octanol–water partition coefficient (Wildman–Crippen LogP) is 8.39. The molecule has 0 aromatic carbocycles. The quantitative estimate of drug-likeness (QED) is 0.110. The van der Waals surface area contributed by atoms with E-state index in [1.165, 1.54) is 150 Å². The topological polar surface area (TPSA) is 78.7 Å². The van der Waals surface area contributed by atoms with Gasteiger partial charge in [-0.3, -0.25) is 19.4 Å². The highest BCUT2D eigenvalue weighted by Crippen LogP contribution is 2.58. The first-order valence-corrected chi connectivity index (χ1v) is 23.8. The van der Waals surface area contributed by atoms with Crippen LogP contribution in [0.2, 0.25) is 0 Å². The van der Waals surface area contributed by atoms with Gasteiger partial charge in [-0.05, 0) is 191 Å². The van der Waals surface area contributed by atoms with Crippen LogP contribution >= 0.6 is 0 Å². The van der Waals surface area contributed by atoms with E-state index in [1.54, 1.807) is 12.1 Å². The van der Waals surface area contributed by atoms with E-state index in [-0.39, 0.29) is 22.2 Å². The highest BCUT2D eigenvalue weighted by molar-refractivity contribution is 5.41. The molecule has 0 amide bonds. The van der Waals surface area contributed by atoms with Gasteiger partial charge in [-0.2, -0.15) is 0 Å². The molecule has 2 aromatic rings. The van der Waals surface area contributed by atoms with Crippen LogP contribution in [-0.4, -0.2) is 96.0 Å². The van der Waals surface area contributed by atoms with Crippen LogP contribution in [0.3, 0.4) is 0 Å². The lowest BCUT2D eigenvalue weighted by Crippen LogP contribution is -2.61. The smallest absolute Gasteiger partial charge is 0.248 e. The molecule has 4 aliphatic carbocycles. The van der Waals surface area contributed by atoms with Gasteiger partial charge in [-0.15, -0.1) is 0 Å². The summed E-state index contributed by atoms with van der Waals surface area (Å²) in [6.45, 7) is 14.1. The summed E-state index contributed by atoms with van der Waals surface area (Å²) in [7, 11) is 4.65. The molecule has 2 aromatic heterocycles. The molecule has 2 fully saturated rings. The summed E-state index contributed by atoms with van der Waals surface area (Å²) >= 11 is 0. The molecule has 4 bridgehead atoms. The van der Waals surface area contributed by atoms with Gasteiger partial charge >= 0.3 is 0 Å². The van der Waals surface area contributed by atoms with E-state index in [9.17, 15) is 9.59 Å². The molecule has 8 heteroatoms. The van der Waals surface area contributed by atoms with E-state index in [1.807, 2.05) is 0 Å². The fourth-order valence-electron chi connectivity index (χ4n) is 13.6. The summed E-state index contributed by atoms with van der Waals surface area (Å²) in [6, 6.07) is 7.90. The molecule has 2 N–H and O–H groups in total. The average molecular weight is 793 g/mol. The maximum Gasteiger partial charge on any atom is 0.248 e. The molecule has 0 radical (unpaired) electrons. The zero-order chi connectivity index (χ0) is 40.3. The fourth-order valence-corrected chi connectivity index (χ4v) is 13.6. The maximum absolute atomic E-state index is 12.3. The molecule has 2 saturated heterocycles. The molecule has 6 atom stereocenters. The van der Waals surface area contributed by atoms with Crippen molar-refractivity contribution in [3.05, 3.63) is 90.8 Å². The number of nitrogens with zero attached hydrogens (tertiary/aromatic N) is 4. The number of unbranched alkanes of at least 4 members (excludes halogenated alkanes) is 7. The standard InChI is InChI=1S/C50H76N6O2/c1-37-31-39-33-45-43(19-21-47(57)51-45)49(35-37)41(39)17-13-27-55(49)29-15-25-53(3)23-11-9-7-5-6-8-10-12-24-54(4)26-16-30-56-28-14-18-42-40-32-38(2)36-50(42,56)44-20-22-48(58)52-46(44)34-40/h19-22,31-32,39-42H,5-18,23-30,33-36H2,1-4H3,(H,51,57)(H,52,58)/t39-,40-,41+,42+,49+,50+/m0/s1. The number of rotatable bonds is 19. The predicted molar refractivity (Wildman–Crippen MR) is 238 cm³/mol. The van der Waals surface area contributed by atoms with E-state index in [0.717, 1.165) is 51.9 Å². The Bertz CT molecular complexity index is 1760. The number of piperidine rings is 2. The highest BCUT2D eigenvalue weighted by atomic mass is 16.1. The highest BCUT2D eigenvalue weighted by Gasteiger charge is 2.56. The van der Waals surface area contributed by atoms with Gasteiger partial charge in [0.15, 0.2) is 0 Å². The van der Waals surface area contributed by atoms with E-state index in [4.69, 9.17) is 0 Å². The number of fused-ring (bicyclic) bond motifs is 2. The largest absolute Gasteiger partial charge is 0.326 e. The molecule has 0 unspecified atom stereocenters. The second kappa shape index (κ2) is 18.5. The zero-order valence-corrected chi connectivity index (χ0v) is 36.8. The molecule has 318 valence electrons. The minimum atomic E-state index is 0.0478. The van der Waals surface area contributed by atoms with Gasteiger partial charge in [0.05, 0.1) is 11.1 Å². The summed E-state index contributed by atoms with van der Waals surface area (Å²) in [4.78, 5) is 41.9. The van der Waals surface area contributed by atoms with Crippen LogP contribution in [0.5, 0.6) is 0 Å². The van der Waals surface area contributed by atoms with Crippen molar-refractivity contribution in [1.82, 2.24) is 29.6 Å². The Hall–Kier alpha value is -2.78. The van der Waals surface area contributed by atoms with Crippen molar-refractivity contribution in [3.8, 4) is 0 Å². The third kappa shape index (κ3) is 8.56. The summed E-state index contributed by atoms with van der Waals surface area (Å²) in [5, 5.41) is 0. The van der Waals surface area contributed by atoms with Gasteiger partial charge in [0, 0.05) is 36.6 Å². The lowest BCUT2D eigenvalue weighted by molar-refractivity contribution is -0.0463. The zero-order valence-electron chi connectivity index (χ0n) is 36.8. The number of hydrogen-bond acceptors (Lipinski definition) is 6. The SMILES string of the molecule is CC1=C[C@H]2Cc3[nH]c(=O)ccc3[C@@]3(C1)[C@@H]2CCCN3CCCN(C)CCCCCCCCCCN(C)CCCN1CCC[C@@H]2[C@H]3C=C(C)C[C@]21c1ccc(=O)[nH]c1C3. The normalized spacial score (nSPS) is 29.1. The van der Waals surface area contributed by atoms with Crippen molar-refractivity contribution in [1.29, 1.82) is 0 Å². The number of likely N-dealkylation sites (tertiary alicyclic amines) is 2. The van der Waals surface area contributed by atoms with Crippen LogP contribution in [0.4, 0.5) is 0 Å². The van der Waals surface area contributed by atoms with Crippen molar-refractivity contribution >= 4 is 0 Å². The van der Waals surface area contributed by atoms with Crippen LogP contribution in [0.15, 0.2) is 57.2 Å². The molecule has 6 aliphatic rings. The van der Waals surface area contributed by atoms with E-state index < -0.39 is 0 Å². The molecule has 0 saturated carbocycles. The van der Waals surface area contributed by atoms with Crippen LogP contribution in [0.1, 0.15) is 139 Å². The second-order valence-electron chi connectivity index (χ2n) is 20.0. The Morgan fingerprint density at radius 2 is 0.983 bits per heavy atom. The molecule has 2 aliphatic heterocycles. The lowest BCUT2D eigenvalue weighted by atomic mass is 9.56. The molecular weight excluding hydrogens is 717 g/mol. The second-order valence-corrected chi connectivity index (χ2v) is 20.0.